The van der Waals surface area contributed by atoms with Crippen molar-refractivity contribution in [1.82, 2.24) is 0 Å². The van der Waals surface area contributed by atoms with E-state index in [4.69, 9.17) is 9.84 Å². The Morgan fingerprint density at radius 1 is 0.931 bits per heavy atom. The molecule has 4 heteroatoms. The Morgan fingerprint density at radius 2 is 1.62 bits per heavy atom. The molecule has 0 aliphatic heterocycles. The minimum atomic E-state index is -0.704. The molecule has 1 unspecified atom stereocenters. The minimum absolute atomic E-state index is 0.0631. The van der Waals surface area contributed by atoms with Crippen LogP contribution in [0.3, 0.4) is 0 Å². The average molecular weight is 403 g/mol. The molecule has 0 amide bonds. The Bertz CT molecular complexity index is 580. The molecule has 0 aromatic heterocycles. The number of hydrogen-bond donors (Lipinski definition) is 1. The molecule has 0 saturated carbocycles. The van der Waals surface area contributed by atoms with Gasteiger partial charge in [-0.15, -0.1) is 0 Å². The molecule has 1 aromatic carbocycles. The highest BCUT2D eigenvalue weighted by atomic mass is 16.5. The van der Waals surface area contributed by atoms with Gasteiger partial charge in [-0.2, -0.15) is 0 Å². The second-order valence-corrected chi connectivity index (χ2v) is 7.65. The number of benzene rings is 1. The van der Waals surface area contributed by atoms with Gasteiger partial charge in [0.1, 0.15) is 6.10 Å². The molecule has 1 atom stereocenters. The fraction of sp³-hybridized carbons (Fsp3) is 0.600. The molecule has 1 aromatic rings. The number of aliphatic carboxylic acids is 1. The average Bonchev–Trinajstić information content (AvgIpc) is 2.72. The van der Waals surface area contributed by atoms with E-state index in [-0.39, 0.29) is 18.5 Å². The number of esters is 1. The number of ether oxygens (including phenoxy) is 1. The molecule has 0 aliphatic rings. The smallest absolute Gasteiger partial charge is 0.338 e. The molecule has 0 saturated heterocycles. The van der Waals surface area contributed by atoms with Crippen molar-refractivity contribution >= 4 is 11.9 Å². The molecule has 0 bridgehead atoms. The zero-order valence-corrected chi connectivity index (χ0v) is 18.0. The molecule has 0 radical (unpaired) electrons. The number of allylic oxidation sites excluding steroid dienone is 1. The number of carboxylic acid groups (broad SMARTS) is 1. The predicted molar refractivity (Wildman–Crippen MR) is 118 cm³/mol. The molecule has 162 valence electrons. The van der Waals surface area contributed by atoms with Gasteiger partial charge >= 0.3 is 11.9 Å². The maximum absolute atomic E-state index is 12.4. The summed E-state index contributed by atoms with van der Waals surface area (Å²) in [6, 6.07) is 9.20. The van der Waals surface area contributed by atoms with E-state index in [9.17, 15) is 9.59 Å². The van der Waals surface area contributed by atoms with Gasteiger partial charge < -0.3 is 9.84 Å². The third kappa shape index (κ3) is 13.7. The molecular formula is C25H38O4. The molecular weight excluding hydrogens is 364 g/mol. The summed E-state index contributed by atoms with van der Waals surface area (Å²) in [6.07, 6.45) is 17.1. The maximum atomic E-state index is 12.4. The molecule has 0 aliphatic carbocycles. The Morgan fingerprint density at radius 3 is 2.34 bits per heavy atom. The van der Waals surface area contributed by atoms with Crippen LogP contribution in [0.2, 0.25) is 0 Å². The van der Waals surface area contributed by atoms with E-state index in [2.05, 4.69) is 19.1 Å². The van der Waals surface area contributed by atoms with Crippen LogP contribution < -0.4 is 0 Å². The molecule has 4 nitrogen and oxygen atoms in total. The van der Waals surface area contributed by atoms with Gasteiger partial charge in [-0.1, -0.05) is 75.8 Å². The minimum Gasteiger partial charge on any atom is -0.481 e. The van der Waals surface area contributed by atoms with E-state index in [0.717, 1.165) is 57.8 Å². The van der Waals surface area contributed by atoms with Crippen LogP contribution in [-0.4, -0.2) is 23.1 Å². The van der Waals surface area contributed by atoms with Crippen LogP contribution in [-0.2, 0) is 9.53 Å². The van der Waals surface area contributed by atoms with Crippen LogP contribution in [0.25, 0.3) is 0 Å². The van der Waals surface area contributed by atoms with E-state index < -0.39 is 5.97 Å². The summed E-state index contributed by atoms with van der Waals surface area (Å²) < 4.78 is 5.77. The van der Waals surface area contributed by atoms with Crippen molar-refractivity contribution in [2.75, 3.05) is 0 Å². The van der Waals surface area contributed by atoms with Crippen molar-refractivity contribution in [3.63, 3.8) is 0 Å². The molecule has 1 rings (SSSR count). The van der Waals surface area contributed by atoms with Gasteiger partial charge in [0.05, 0.1) is 5.56 Å². The van der Waals surface area contributed by atoms with E-state index in [0.29, 0.717) is 5.56 Å². The van der Waals surface area contributed by atoms with Crippen LogP contribution in [0, 0.1) is 0 Å². The summed E-state index contributed by atoms with van der Waals surface area (Å²) in [4.78, 5) is 22.8. The number of hydrogen-bond acceptors (Lipinski definition) is 3. The first-order valence-corrected chi connectivity index (χ1v) is 11.3. The van der Waals surface area contributed by atoms with E-state index in [1.54, 1.807) is 12.1 Å². The lowest BCUT2D eigenvalue weighted by Gasteiger charge is -2.16. The highest BCUT2D eigenvalue weighted by molar-refractivity contribution is 5.89. The van der Waals surface area contributed by atoms with Gasteiger partial charge in [-0.05, 0) is 44.2 Å². The van der Waals surface area contributed by atoms with E-state index in [1.807, 2.05) is 18.2 Å². The first-order chi connectivity index (χ1) is 14.1. The number of unbranched alkanes of at least 4 members (excludes halogenated alkanes) is 8. The first kappa shape index (κ1) is 24.9. The quantitative estimate of drug-likeness (QED) is 0.174. The Balaban J connectivity index is 2.29. The second-order valence-electron chi connectivity index (χ2n) is 7.65. The van der Waals surface area contributed by atoms with Crippen molar-refractivity contribution in [3.8, 4) is 0 Å². The number of rotatable bonds is 17. The number of carboxylic acids is 1. The van der Waals surface area contributed by atoms with Crippen LogP contribution in [0.1, 0.15) is 101 Å². The van der Waals surface area contributed by atoms with Crippen LogP contribution in [0.4, 0.5) is 0 Å². The molecule has 29 heavy (non-hydrogen) atoms. The zero-order valence-electron chi connectivity index (χ0n) is 18.0. The third-order valence-corrected chi connectivity index (χ3v) is 4.99. The fourth-order valence-corrected chi connectivity index (χ4v) is 3.25. The van der Waals surface area contributed by atoms with Crippen molar-refractivity contribution in [2.24, 2.45) is 0 Å². The summed E-state index contributed by atoms with van der Waals surface area (Å²) >= 11 is 0. The van der Waals surface area contributed by atoms with Crippen molar-refractivity contribution < 1.29 is 19.4 Å². The van der Waals surface area contributed by atoms with Crippen molar-refractivity contribution in [2.45, 2.75) is 96.5 Å². The zero-order chi connectivity index (χ0) is 21.2. The Kier molecular flexibility index (Phi) is 14.5. The second kappa shape index (κ2) is 16.8. The summed E-state index contributed by atoms with van der Waals surface area (Å²) in [7, 11) is 0. The SMILES string of the molecule is CCCCCCC(CC=CCCCCCCCC(=O)O)OC(=O)c1ccccc1. The topological polar surface area (TPSA) is 63.6 Å². The lowest BCUT2D eigenvalue weighted by molar-refractivity contribution is -0.137. The fourth-order valence-electron chi connectivity index (χ4n) is 3.25. The molecule has 0 spiro atoms. The Hall–Kier alpha value is -2.10. The normalized spacial score (nSPS) is 12.2. The molecule has 1 N–H and O–H groups in total. The number of carbonyl (C=O) groups excluding carboxylic acids is 1. The van der Waals surface area contributed by atoms with Gasteiger partial charge in [-0.25, -0.2) is 4.79 Å². The largest absolute Gasteiger partial charge is 0.481 e. The monoisotopic (exact) mass is 402 g/mol. The summed E-state index contributed by atoms with van der Waals surface area (Å²) in [5, 5.41) is 8.62. The highest BCUT2D eigenvalue weighted by Gasteiger charge is 2.14. The Labute approximate surface area is 176 Å². The van der Waals surface area contributed by atoms with E-state index >= 15 is 0 Å². The van der Waals surface area contributed by atoms with Gasteiger partial charge in [-0.3, -0.25) is 4.79 Å². The summed E-state index contributed by atoms with van der Waals surface area (Å²) in [5.74, 6) is -0.939. The van der Waals surface area contributed by atoms with Crippen LogP contribution in [0.5, 0.6) is 0 Å². The van der Waals surface area contributed by atoms with Crippen LogP contribution in [0.15, 0.2) is 42.5 Å². The third-order valence-electron chi connectivity index (χ3n) is 4.99. The molecule has 0 fully saturated rings. The number of carbonyl (C=O) groups is 2. The standard InChI is InChI=1S/C25H38O4/c1-2-3-4-14-19-23(29-25(28)22-17-12-11-13-18-22)20-15-9-7-5-6-8-10-16-21-24(26)27/h9,11-13,15,17-18,23H,2-8,10,14,16,19-21H2,1H3,(H,26,27). The maximum Gasteiger partial charge on any atom is 0.338 e. The van der Waals surface area contributed by atoms with E-state index in [1.165, 1.54) is 19.3 Å². The van der Waals surface area contributed by atoms with Crippen molar-refractivity contribution in [1.29, 1.82) is 0 Å². The van der Waals surface area contributed by atoms with Crippen molar-refractivity contribution in [3.05, 3.63) is 48.0 Å². The first-order valence-electron chi connectivity index (χ1n) is 11.3. The lowest BCUT2D eigenvalue weighted by atomic mass is 10.1. The van der Waals surface area contributed by atoms with Gasteiger partial charge in [0.15, 0.2) is 0 Å². The highest BCUT2D eigenvalue weighted by Crippen LogP contribution is 2.15. The predicted octanol–water partition coefficient (Wildman–Crippen LogP) is 6.94. The van der Waals surface area contributed by atoms with Gasteiger partial charge in [0.25, 0.3) is 0 Å². The summed E-state index contributed by atoms with van der Waals surface area (Å²) in [5.41, 5.74) is 0.609. The summed E-state index contributed by atoms with van der Waals surface area (Å²) in [6.45, 7) is 2.20. The van der Waals surface area contributed by atoms with Crippen LogP contribution >= 0.6 is 0 Å². The molecule has 0 heterocycles. The lowest BCUT2D eigenvalue weighted by Crippen LogP contribution is -2.18. The van der Waals surface area contributed by atoms with Gasteiger partial charge in [0, 0.05) is 12.8 Å². The van der Waals surface area contributed by atoms with Gasteiger partial charge in [0.2, 0.25) is 0 Å².